The van der Waals surface area contributed by atoms with Crippen LogP contribution in [0.25, 0.3) is 82.6 Å². The number of aryl methyl sites for hydroxylation is 2. The van der Waals surface area contributed by atoms with Crippen LogP contribution in [-0.4, -0.2) is 4.40 Å². The lowest BCUT2D eigenvalue weighted by Crippen LogP contribution is -1.89. The van der Waals surface area contributed by atoms with Crippen molar-refractivity contribution in [1.29, 1.82) is 0 Å². The number of hydrogen-bond donors (Lipinski definition) is 0. The second kappa shape index (κ2) is 9.94. The van der Waals surface area contributed by atoms with E-state index in [1.165, 1.54) is 93.7 Å². The van der Waals surface area contributed by atoms with Crippen molar-refractivity contribution in [2.45, 2.75) is 13.8 Å². The van der Waals surface area contributed by atoms with Gasteiger partial charge in [0.15, 0.2) is 0 Å². The molecule has 0 amide bonds. The topological polar surface area (TPSA) is 4.41 Å². The Morgan fingerprint density at radius 1 is 0.356 bits per heavy atom. The van der Waals surface area contributed by atoms with Gasteiger partial charge in [0.1, 0.15) is 0 Å². The minimum absolute atomic E-state index is 1.24. The fourth-order valence-electron chi connectivity index (χ4n) is 7.47. The van der Waals surface area contributed by atoms with Crippen molar-refractivity contribution in [2.24, 2.45) is 0 Å². The second-order valence-corrected chi connectivity index (χ2v) is 12.2. The van der Waals surface area contributed by atoms with Gasteiger partial charge in [0.25, 0.3) is 0 Å². The monoisotopic (exact) mass is 573 g/mol. The number of aromatic nitrogens is 1. The average Bonchev–Trinajstić information content (AvgIpc) is 3.62. The van der Waals surface area contributed by atoms with Crippen LogP contribution in [0, 0.1) is 13.8 Å². The minimum Gasteiger partial charge on any atom is -0.308 e. The molecule has 0 atom stereocenters. The maximum Gasteiger partial charge on any atom is 0.0620 e. The van der Waals surface area contributed by atoms with Crippen molar-refractivity contribution < 1.29 is 0 Å². The molecule has 0 saturated carbocycles. The number of rotatable bonds is 4. The molecule has 0 aliphatic rings. The second-order valence-electron chi connectivity index (χ2n) is 12.2. The van der Waals surface area contributed by atoms with Crippen molar-refractivity contribution in [3.05, 3.63) is 163 Å². The third-order valence-electron chi connectivity index (χ3n) is 9.63. The molecule has 0 fully saturated rings. The lowest BCUT2D eigenvalue weighted by Gasteiger charge is -2.13. The Morgan fingerprint density at radius 2 is 0.800 bits per heavy atom. The van der Waals surface area contributed by atoms with E-state index in [0.717, 1.165) is 0 Å². The van der Waals surface area contributed by atoms with Crippen molar-refractivity contribution in [3.63, 3.8) is 0 Å². The molecule has 0 N–H and O–H groups in total. The molecule has 212 valence electrons. The Bertz CT molecular complexity index is 2360. The standard InChI is InChI=1S/C44H31N/c1-28-22-24-32(30-12-5-3-6-13-30)26-38(28)34-16-10-20-40-42(34)36-18-9-19-37-43-35(17-11-21-41(43)45(40)44(36)37)39-27-33(25-23-29(39)2)31-14-7-4-8-15-31/h3-27H,1-2H3. The predicted octanol–water partition coefficient (Wildman–Crippen LogP) is 12.1. The molecule has 9 rings (SSSR count). The van der Waals surface area contributed by atoms with Gasteiger partial charge in [-0.3, -0.25) is 0 Å². The zero-order chi connectivity index (χ0) is 30.1. The number of fused-ring (bicyclic) bond motifs is 6. The lowest BCUT2D eigenvalue weighted by atomic mass is 9.91. The van der Waals surface area contributed by atoms with Crippen LogP contribution in [0.3, 0.4) is 0 Å². The van der Waals surface area contributed by atoms with Gasteiger partial charge in [-0.1, -0.05) is 127 Å². The molecular weight excluding hydrogens is 542 g/mol. The van der Waals surface area contributed by atoms with Gasteiger partial charge in [-0.25, -0.2) is 0 Å². The molecule has 1 heteroatoms. The molecule has 0 aliphatic carbocycles. The van der Waals surface area contributed by atoms with Crippen molar-refractivity contribution in [1.82, 2.24) is 4.40 Å². The highest BCUT2D eigenvalue weighted by atomic mass is 14.9. The largest absolute Gasteiger partial charge is 0.308 e. The summed E-state index contributed by atoms with van der Waals surface area (Å²) in [6.07, 6.45) is 0. The Kier molecular flexibility index (Phi) is 5.70. The van der Waals surface area contributed by atoms with Crippen molar-refractivity contribution in [3.8, 4) is 44.5 Å². The predicted molar refractivity (Wildman–Crippen MR) is 192 cm³/mol. The van der Waals surface area contributed by atoms with Gasteiger partial charge in [0.05, 0.1) is 16.6 Å². The van der Waals surface area contributed by atoms with E-state index >= 15 is 0 Å². The molecule has 0 unspecified atom stereocenters. The lowest BCUT2D eigenvalue weighted by molar-refractivity contribution is 1.37. The van der Waals surface area contributed by atoms with E-state index in [0.29, 0.717) is 0 Å². The summed E-state index contributed by atoms with van der Waals surface area (Å²) in [6.45, 7) is 4.46. The van der Waals surface area contributed by atoms with Gasteiger partial charge in [-0.2, -0.15) is 0 Å². The Morgan fingerprint density at radius 3 is 1.27 bits per heavy atom. The third-order valence-corrected chi connectivity index (χ3v) is 9.63. The van der Waals surface area contributed by atoms with E-state index in [1.807, 2.05) is 0 Å². The normalized spacial score (nSPS) is 11.8. The number of nitrogens with zero attached hydrogens (tertiary/aromatic N) is 1. The highest BCUT2D eigenvalue weighted by molar-refractivity contribution is 6.28. The van der Waals surface area contributed by atoms with E-state index in [9.17, 15) is 0 Å². The third kappa shape index (κ3) is 3.87. The van der Waals surface area contributed by atoms with Crippen LogP contribution < -0.4 is 0 Å². The van der Waals surface area contributed by atoms with Crippen molar-refractivity contribution >= 4 is 38.1 Å². The highest BCUT2D eigenvalue weighted by Crippen LogP contribution is 2.46. The maximum absolute atomic E-state index is 2.51. The Balaban J connectivity index is 1.32. The summed E-state index contributed by atoms with van der Waals surface area (Å²) < 4.78 is 2.51. The van der Waals surface area contributed by atoms with Gasteiger partial charge in [0, 0.05) is 21.5 Å². The minimum atomic E-state index is 1.24. The summed E-state index contributed by atoms with van der Waals surface area (Å²) in [7, 11) is 0. The van der Waals surface area contributed by atoms with Gasteiger partial charge < -0.3 is 4.40 Å². The Hall–Kier alpha value is -5.66. The van der Waals surface area contributed by atoms with E-state index in [2.05, 4.69) is 170 Å². The van der Waals surface area contributed by atoms with Crippen LogP contribution in [0.4, 0.5) is 0 Å². The van der Waals surface area contributed by atoms with E-state index in [-0.39, 0.29) is 0 Å². The van der Waals surface area contributed by atoms with E-state index < -0.39 is 0 Å². The number of hydrogen-bond acceptors (Lipinski definition) is 0. The van der Waals surface area contributed by atoms with Gasteiger partial charge in [0.2, 0.25) is 0 Å². The number of benzene rings is 7. The van der Waals surface area contributed by atoms with Gasteiger partial charge in [-0.15, -0.1) is 0 Å². The molecular formula is C44H31N. The maximum atomic E-state index is 2.51. The first-order valence-electron chi connectivity index (χ1n) is 15.7. The summed E-state index contributed by atoms with van der Waals surface area (Å²) in [6, 6.07) is 55.6. The fourth-order valence-corrected chi connectivity index (χ4v) is 7.47. The summed E-state index contributed by atoms with van der Waals surface area (Å²) in [5.41, 5.74) is 16.5. The van der Waals surface area contributed by atoms with E-state index in [1.54, 1.807) is 0 Å². The zero-order valence-corrected chi connectivity index (χ0v) is 25.4. The summed E-state index contributed by atoms with van der Waals surface area (Å²) >= 11 is 0. The van der Waals surface area contributed by atoms with Gasteiger partial charge in [-0.05, 0) is 93.7 Å². The Labute approximate surface area is 263 Å². The molecule has 0 bridgehead atoms. The van der Waals surface area contributed by atoms with Crippen LogP contribution in [0.1, 0.15) is 11.1 Å². The first kappa shape index (κ1) is 25.8. The molecule has 2 aromatic heterocycles. The molecule has 2 heterocycles. The number of para-hydroxylation sites is 1. The first-order valence-corrected chi connectivity index (χ1v) is 15.7. The van der Waals surface area contributed by atoms with Gasteiger partial charge >= 0.3 is 0 Å². The van der Waals surface area contributed by atoms with E-state index in [4.69, 9.17) is 0 Å². The van der Waals surface area contributed by atoms with Crippen LogP contribution >= 0.6 is 0 Å². The first-order chi connectivity index (χ1) is 22.2. The smallest absolute Gasteiger partial charge is 0.0620 e. The summed E-state index contributed by atoms with van der Waals surface area (Å²) in [5, 5.41) is 5.25. The zero-order valence-electron chi connectivity index (χ0n) is 25.4. The molecule has 0 aliphatic heterocycles. The van der Waals surface area contributed by atoms with Crippen molar-refractivity contribution in [2.75, 3.05) is 0 Å². The molecule has 1 nitrogen and oxygen atoms in total. The average molecular weight is 574 g/mol. The highest BCUT2D eigenvalue weighted by Gasteiger charge is 2.22. The molecule has 9 aromatic rings. The summed E-state index contributed by atoms with van der Waals surface area (Å²) in [5.74, 6) is 0. The summed E-state index contributed by atoms with van der Waals surface area (Å²) in [4.78, 5) is 0. The molecule has 0 saturated heterocycles. The molecule has 0 radical (unpaired) electrons. The van der Waals surface area contributed by atoms with Crippen LogP contribution in [0.5, 0.6) is 0 Å². The van der Waals surface area contributed by atoms with Crippen LogP contribution in [0.15, 0.2) is 152 Å². The molecule has 7 aromatic carbocycles. The quantitative estimate of drug-likeness (QED) is 0.197. The SMILES string of the molecule is Cc1ccc(-c2ccccc2)cc1-c1cccc2c1c1cccc3c4c(-c5cc(-c6ccccc6)ccc5C)cccc4n2c13. The molecule has 0 spiro atoms. The van der Waals surface area contributed by atoms with Crippen LogP contribution in [-0.2, 0) is 0 Å². The fraction of sp³-hybridized carbons (Fsp3) is 0.0455. The van der Waals surface area contributed by atoms with Crippen LogP contribution in [0.2, 0.25) is 0 Å². The molecule has 45 heavy (non-hydrogen) atoms.